The van der Waals surface area contributed by atoms with Crippen LogP contribution in [0.25, 0.3) is 0 Å². The van der Waals surface area contributed by atoms with E-state index >= 15 is 0 Å². The van der Waals surface area contributed by atoms with E-state index in [1.807, 2.05) is 48.5 Å². The van der Waals surface area contributed by atoms with Gasteiger partial charge in [0.2, 0.25) is 0 Å². The molecule has 0 saturated heterocycles. The Labute approximate surface area is 178 Å². The van der Waals surface area contributed by atoms with Gasteiger partial charge >= 0.3 is 0 Å². The van der Waals surface area contributed by atoms with Crippen LogP contribution in [0.5, 0.6) is 0 Å². The molecule has 3 rings (SSSR count). The van der Waals surface area contributed by atoms with Gasteiger partial charge in [0.05, 0.1) is 0 Å². The quantitative estimate of drug-likeness (QED) is 0.429. The number of hydrogen-bond acceptors (Lipinski definition) is 4. The molecule has 0 spiro atoms. The molecule has 0 aromatic heterocycles. The standard InChI is InChI=1S/C26H28N2O2/c1-3-27(25-13-9-21(19-29)10-14-25)17-23-7-5-6-8-24(23)18-28(4-2)26-15-11-22(20-30)12-16-26/h5-16,19-20H,3-4,17-18H2,1-2H3. The minimum atomic E-state index is 0.689. The molecule has 30 heavy (non-hydrogen) atoms. The zero-order valence-electron chi connectivity index (χ0n) is 17.6. The van der Waals surface area contributed by atoms with Crippen molar-refractivity contribution in [3.05, 3.63) is 95.1 Å². The SMILES string of the molecule is CCN(Cc1ccccc1CN(CC)c1ccc(C=O)cc1)c1ccc(C=O)cc1. The Balaban J connectivity index is 1.81. The summed E-state index contributed by atoms with van der Waals surface area (Å²) in [6.07, 6.45) is 1.74. The van der Waals surface area contributed by atoms with Gasteiger partial charge in [-0.2, -0.15) is 0 Å². The number of carbonyl (C=O) groups is 2. The van der Waals surface area contributed by atoms with Gasteiger partial charge in [0.1, 0.15) is 12.6 Å². The van der Waals surface area contributed by atoms with E-state index < -0.39 is 0 Å². The van der Waals surface area contributed by atoms with Gasteiger partial charge in [0.25, 0.3) is 0 Å². The van der Waals surface area contributed by atoms with Crippen LogP contribution in [-0.2, 0) is 13.1 Å². The number of aldehydes is 2. The van der Waals surface area contributed by atoms with Crippen LogP contribution in [0.15, 0.2) is 72.8 Å². The third-order valence-corrected chi connectivity index (χ3v) is 5.39. The fourth-order valence-electron chi connectivity index (χ4n) is 3.58. The first-order valence-corrected chi connectivity index (χ1v) is 10.4. The lowest BCUT2D eigenvalue weighted by molar-refractivity contribution is 0.111. The summed E-state index contributed by atoms with van der Waals surface area (Å²) >= 11 is 0. The Morgan fingerprint density at radius 1 is 0.600 bits per heavy atom. The van der Waals surface area contributed by atoms with Crippen molar-refractivity contribution in [3.63, 3.8) is 0 Å². The first-order chi connectivity index (χ1) is 14.7. The number of rotatable bonds is 10. The van der Waals surface area contributed by atoms with Gasteiger partial charge in [-0.15, -0.1) is 0 Å². The van der Waals surface area contributed by atoms with Crippen molar-refractivity contribution in [1.82, 2.24) is 0 Å². The maximum absolute atomic E-state index is 10.9. The molecule has 0 radical (unpaired) electrons. The molecule has 0 fully saturated rings. The van der Waals surface area contributed by atoms with Gasteiger partial charge in [0.15, 0.2) is 0 Å². The van der Waals surface area contributed by atoms with Gasteiger partial charge in [-0.3, -0.25) is 9.59 Å². The topological polar surface area (TPSA) is 40.6 Å². The van der Waals surface area contributed by atoms with E-state index in [4.69, 9.17) is 0 Å². The molecule has 0 atom stereocenters. The van der Waals surface area contributed by atoms with Gasteiger partial charge < -0.3 is 9.80 Å². The van der Waals surface area contributed by atoms with Crippen LogP contribution in [-0.4, -0.2) is 25.7 Å². The second-order valence-corrected chi connectivity index (χ2v) is 7.22. The fraction of sp³-hybridized carbons (Fsp3) is 0.231. The molecule has 0 heterocycles. The zero-order chi connectivity index (χ0) is 21.3. The molecule has 0 aliphatic heterocycles. The van der Waals surface area contributed by atoms with E-state index in [1.54, 1.807) is 0 Å². The Bertz CT molecular complexity index is 885. The van der Waals surface area contributed by atoms with Crippen molar-refractivity contribution in [2.24, 2.45) is 0 Å². The number of hydrogen-bond donors (Lipinski definition) is 0. The summed E-state index contributed by atoms with van der Waals surface area (Å²) in [7, 11) is 0. The number of anilines is 2. The molecular weight excluding hydrogens is 372 g/mol. The average molecular weight is 401 g/mol. The van der Waals surface area contributed by atoms with E-state index in [1.165, 1.54) is 11.1 Å². The van der Waals surface area contributed by atoms with Crippen LogP contribution in [0, 0.1) is 0 Å². The molecule has 0 amide bonds. The molecule has 3 aromatic rings. The number of carbonyl (C=O) groups excluding carboxylic acids is 2. The highest BCUT2D eigenvalue weighted by molar-refractivity contribution is 5.76. The van der Waals surface area contributed by atoms with Crippen LogP contribution in [0.2, 0.25) is 0 Å². The minimum absolute atomic E-state index is 0.689. The Morgan fingerprint density at radius 3 is 1.27 bits per heavy atom. The maximum Gasteiger partial charge on any atom is 0.150 e. The van der Waals surface area contributed by atoms with E-state index in [2.05, 4.69) is 47.9 Å². The van der Waals surface area contributed by atoms with Crippen molar-refractivity contribution in [3.8, 4) is 0 Å². The van der Waals surface area contributed by atoms with Crippen LogP contribution in [0.4, 0.5) is 11.4 Å². The van der Waals surface area contributed by atoms with Crippen molar-refractivity contribution >= 4 is 23.9 Å². The Kier molecular flexibility index (Phi) is 7.39. The second kappa shape index (κ2) is 10.4. The average Bonchev–Trinajstić information content (AvgIpc) is 2.82. The van der Waals surface area contributed by atoms with E-state index in [0.717, 1.165) is 50.1 Å². The molecule has 3 aromatic carbocycles. The molecule has 154 valence electrons. The zero-order valence-corrected chi connectivity index (χ0v) is 17.6. The summed E-state index contributed by atoms with van der Waals surface area (Å²) in [6.45, 7) is 7.63. The highest BCUT2D eigenvalue weighted by Crippen LogP contribution is 2.23. The Hall–Kier alpha value is -3.40. The number of benzene rings is 3. The minimum Gasteiger partial charge on any atom is -0.367 e. The van der Waals surface area contributed by atoms with Crippen LogP contribution in [0.3, 0.4) is 0 Å². The molecule has 4 heteroatoms. The molecule has 0 aliphatic carbocycles. The van der Waals surface area contributed by atoms with Crippen molar-refractivity contribution in [2.45, 2.75) is 26.9 Å². The third kappa shape index (κ3) is 5.15. The maximum atomic E-state index is 10.9. The molecular formula is C26H28N2O2. The van der Waals surface area contributed by atoms with Gasteiger partial charge in [-0.1, -0.05) is 24.3 Å². The highest BCUT2D eigenvalue weighted by Gasteiger charge is 2.12. The van der Waals surface area contributed by atoms with Crippen molar-refractivity contribution in [2.75, 3.05) is 22.9 Å². The van der Waals surface area contributed by atoms with E-state index in [9.17, 15) is 9.59 Å². The van der Waals surface area contributed by atoms with Crippen molar-refractivity contribution in [1.29, 1.82) is 0 Å². The van der Waals surface area contributed by atoms with Gasteiger partial charge in [-0.25, -0.2) is 0 Å². The van der Waals surface area contributed by atoms with Crippen LogP contribution in [0.1, 0.15) is 45.7 Å². The number of nitrogens with zero attached hydrogens (tertiary/aromatic N) is 2. The largest absolute Gasteiger partial charge is 0.367 e. The summed E-state index contributed by atoms with van der Waals surface area (Å²) < 4.78 is 0. The predicted octanol–water partition coefficient (Wildman–Crippen LogP) is 5.36. The third-order valence-electron chi connectivity index (χ3n) is 5.39. The van der Waals surface area contributed by atoms with E-state index in [0.29, 0.717) is 11.1 Å². The van der Waals surface area contributed by atoms with Crippen molar-refractivity contribution < 1.29 is 9.59 Å². The summed E-state index contributed by atoms with van der Waals surface area (Å²) in [4.78, 5) is 26.5. The van der Waals surface area contributed by atoms with E-state index in [-0.39, 0.29) is 0 Å². The molecule has 0 aliphatic rings. The van der Waals surface area contributed by atoms with Crippen LogP contribution < -0.4 is 9.80 Å². The first-order valence-electron chi connectivity index (χ1n) is 10.4. The monoisotopic (exact) mass is 400 g/mol. The summed E-state index contributed by atoms with van der Waals surface area (Å²) in [5, 5.41) is 0. The highest BCUT2D eigenvalue weighted by atomic mass is 16.1. The lowest BCUT2D eigenvalue weighted by atomic mass is 10.1. The Morgan fingerprint density at radius 2 is 0.967 bits per heavy atom. The smallest absolute Gasteiger partial charge is 0.150 e. The summed E-state index contributed by atoms with van der Waals surface area (Å²) in [5.74, 6) is 0. The molecule has 0 N–H and O–H groups in total. The molecule has 0 unspecified atom stereocenters. The van der Waals surface area contributed by atoms with Gasteiger partial charge in [0, 0.05) is 48.7 Å². The molecule has 0 saturated carbocycles. The fourth-order valence-corrected chi connectivity index (χ4v) is 3.58. The summed E-state index contributed by atoms with van der Waals surface area (Å²) in [6, 6.07) is 24.0. The normalized spacial score (nSPS) is 10.5. The molecule has 4 nitrogen and oxygen atoms in total. The first kappa shape index (κ1) is 21.3. The van der Waals surface area contributed by atoms with Crippen LogP contribution >= 0.6 is 0 Å². The molecule has 0 bridgehead atoms. The second-order valence-electron chi connectivity index (χ2n) is 7.22. The van der Waals surface area contributed by atoms with Gasteiger partial charge in [-0.05, 0) is 73.5 Å². The lowest BCUT2D eigenvalue weighted by Crippen LogP contribution is -2.26. The predicted molar refractivity (Wildman–Crippen MR) is 124 cm³/mol. The summed E-state index contributed by atoms with van der Waals surface area (Å²) in [5.41, 5.74) is 6.15. The lowest BCUT2D eigenvalue weighted by Gasteiger charge is -2.28.